The molecule has 2 heterocycles. The second-order valence-electron chi connectivity index (χ2n) is 5.81. The number of alkyl halides is 3. The van der Waals surface area contributed by atoms with Crippen LogP contribution in [0.4, 0.5) is 13.2 Å². The zero-order valence-electron chi connectivity index (χ0n) is 13.4. The molecule has 0 spiro atoms. The summed E-state index contributed by atoms with van der Waals surface area (Å²) in [5.41, 5.74) is 0.0773. The SMILES string of the molecule is CC(c1nnnn1C)N1CCOC(c2ccc(C(F)(F)F)cc2)C1. The molecule has 9 heteroatoms. The Bertz CT molecular complexity index is 685. The number of hydrogen-bond donors (Lipinski definition) is 0. The Morgan fingerprint density at radius 3 is 2.54 bits per heavy atom. The number of tetrazole rings is 1. The predicted octanol–water partition coefficient (Wildman–Crippen LogP) is 2.36. The van der Waals surface area contributed by atoms with Crippen LogP contribution in [0, 0.1) is 0 Å². The summed E-state index contributed by atoms with van der Waals surface area (Å²) in [6.07, 6.45) is -4.60. The van der Waals surface area contributed by atoms with Gasteiger partial charge < -0.3 is 4.74 Å². The lowest BCUT2D eigenvalue weighted by Gasteiger charge is -2.36. The van der Waals surface area contributed by atoms with Crippen LogP contribution in [0.25, 0.3) is 0 Å². The molecule has 1 aliphatic rings. The number of morpholine rings is 1. The van der Waals surface area contributed by atoms with Gasteiger partial charge in [-0.15, -0.1) is 5.10 Å². The predicted molar refractivity (Wildman–Crippen MR) is 78.9 cm³/mol. The standard InChI is InChI=1S/C15H18F3N5O/c1-10(14-19-20-21-22(14)2)23-7-8-24-13(9-23)11-3-5-12(6-4-11)15(16,17)18/h3-6,10,13H,7-9H2,1-2H3. The van der Waals surface area contributed by atoms with Crippen LogP contribution in [0.15, 0.2) is 24.3 Å². The van der Waals surface area contributed by atoms with Gasteiger partial charge in [0, 0.05) is 20.1 Å². The van der Waals surface area contributed by atoms with Crippen molar-refractivity contribution in [1.29, 1.82) is 0 Å². The van der Waals surface area contributed by atoms with E-state index in [4.69, 9.17) is 4.74 Å². The first-order chi connectivity index (χ1) is 11.4. The van der Waals surface area contributed by atoms with Gasteiger partial charge in [-0.25, -0.2) is 4.68 Å². The Balaban J connectivity index is 1.72. The Kier molecular flexibility index (Phi) is 4.55. The van der Waals surface area contributed by atoms with Crippen molar-refractivity contribution in [1.82, 2.24) is 25.1 Å². The number of rotatable bonds is 3. The van der Waals surface area contributed by atoms with Gasteiger partial charge in [-0.1, -0.05) is 12.1 Å². The smallest absolute Gasteiger partial charge is 0.371 e. The molecule has 24 heavy (non-hydrogen) atoms. The minimum Gasteiger partial charge on any atom is -0.371 e. The van der Waals surface area contributed by atoms with Gasteiger partial charge in [-0.2, -0.15) is 13.2 Å². The van der Waals surface area contributed by atoms with Crippen molar-refractivity contribution >= 4 is 0 Å². The molecular formula is C15H18F3N5O. The molecule has 3 rings (SSSR count). The van der Waals surface area contributed by atoms with E-state index in [1.807, 2.05) is 6.92 Å². The molecule has 130 valence electrons. The second kappa shape index (κ2) is 6.48. The average molecular weight is 341 g/mol. The molecule has 1 saturated heterocycles. The van der Waals surface area contributed by atoms with Crippen LogP contribution in [0.2, 0.25) is 0 Å². The molecule has 1 fully saturated rings. The zero-order valence-corrected chi connectivity index (χ0v) is 13.4. The Morgan fingerprint density at radius 1 is 1.25 bits per heavy atom. The number of halogens is 3. The van der Waals surface area contributed by atoms with Gasteiger partial charge in [0.25, 0.3) is 0 Å². The summed E-state index contributed by atoms with van der Waals surface area (Å²) in [5, 5.41) is 11.5. The number of aromatic nitrogens is 4. The molecule has 2 unspecified atom stereocenters. The average Bonchev–Trinajstić information content (AvgIpc) is 3.00. The summed E-state index contributed by atoms with van der Waals surface area (Å²) < 4.78 is 45.3. The lowest BCUT2D eigenvalue weighted by atomic mass is 10.0. The first-order valence-corrected chi connectivity index (χ1v) is 7.61. The minimum absolute atomic E-state index is 0.00847. The van der Waals surface area contributed by atoms with Gasteiger partial charge in [-0.3, -0.25) is 4.90 Å². The van der Waals surface area contributed by atoms with E-state index < -0.39 is 11.7 Å². The number of nitrogens with zero attached hydrogens (tertiary/aromatic N) is 5. The molecular weight excluding hydrogens is 323 g/mol. The van der Waals surface area contributed by atoms with Gasteiger partial charge in [0.15, 0.2) is 5.82 Å². The summed E-state index contributed by atoms with van der Waals surface area (Å²) in [7, 11) is 1.78. The molecule has 2 atom stereocenters. The fourth-order valence-corrected chi connectivity index (χ4v) is 2.86. The first kappa shape index (κ1) is 16.8. The molecule has 1 aromatic heterocycles. The highest BCUT2D eigenvalue weighted by atomic mass is 19.4. The van der Waals surface area contributed by atoms with Crippen LogP contribution in [-0.2, 0) is 18.0 Å². The largest absolute Gasteiger partial charge is 0.416 e. The second-order valence-corrected chi connectivity index (χ2v) is 5.81. The quantitative estimate of drug-likeness (QED) is 0.858. The van der Waals surface area contributed by atoms with Gasteiger partial charge in [-0.05, 0) is 35.0 Å². The summed E-state index contributed by atoms with van der Waals surface area (Å²) in [5.74, 6) is 0.739. The molecule has 0 radical (unpaired) electrons. The minimum atomic E-state index is -4.33. The van der Waals surface area contributed by atoms with Gasteiger partial charge in [0.05, 0.1) is 24.3 Å². The van der Waals surface area contributed by atoms with E-state index in [0.29, 0.717) is 19.7 Å². The summed E-state index contributed by atoms with van der Waals surface area (Å²) in [4.78, 5) is 2.16. The lowest BCUT2D eigenvalue weighted by Crippen LogP contribution is -2.40. The van der Waals surface area contributed by atoms with Crippen molar-refractivity contribution in [3.8, 4) is 0 Å². The maximum Gasteiger partial charge on any atom is 0.416 e. The third kappa shape index (κ3) is 3.41. The monoisotopic (exact) mass is 341 g/mol. The third-order valence-electron chi connectivity index (χ3n) is 4.28. The normalized spacial score (nSPS) is 21.0. The highest BCUT2D eigenvalue weighted by Gasteiger charge is 2.31. The van der Waals surface area contributed by atoms with Crippen LogP contribution in [-0.4, -0.2) is 44.8 Å². The van der Waals surface area contributed by atoms with Crippen molar-refractivity contribution in [2.45, 2.75) is 25.2 Å². The summed E-state index contributed by atoms with van der Waals surface area (Å²) in [6.45, 7) is 3.78. The molecule has 0 amide bonds. The Hall–Kier alpha value is -2.00. The molecule has 1 aromatic carbocycles. The Labute approximate surface area is 137 Å². The van der Waals surface area contributed by atoms with E-state index in [2.05, 4.69) is 20.4 Å². The fraction of sp³-hybridized carbons (Fsp3) is 0.533. The molecule has 6 nitrogen and oxygen atoms in total. The van der Waals surface area contributed by atoms with E-state index in [1.54, 1.807) is 11.7 Å². The molecule has 0 bridgehead atoms. The number of ether oxygens (including phenoxy) is 1. The summed E-state index contributed by atoms with van der Waals surface area (Å²) in [6, 6.07) is 5.13. The van der Waals surface area contributed by atoms with E-state index >= 15 is 0 Å². The number of hydrogen-bond acceptors (Lipinski definition) is 5. The van der Waals surface area contributed by atoms with E-state index in [1.165, 1.54) is 12.1 Å². The van der Waals surface area contributed by atoms with Crippen molar-refractivity contribution in [3.05, 3.63) is 41.2 Å². The molecule has 0 N–H and O–H groups in total. The maximum absolute atomic E-state index is 12.7. The highest BCUT2D eigenvalue weighted by molar-refractivity contribution is 5.26. The van der Waals surface area contributed by atoms with E-state index in [0.717, 1.165) is 23.5 Å². The maximum atomic E-state index is 12.7. The van der Waals surface area contributed by atoms with E-state index in [-0.39, 0.29) is 12.1 Å². The van der Waals surface area contributed by atoms with Crippen molar-refractivity contribution in [2.75, 3.05) is 19.7 Å². The van der Waals surface area contributed by atoms with Crippen LogP contribution in [0.3, 0.4) is 0 Å². The molecule has 0 saturated carbocycles. The highest BCUT2D eigenvalue weighted by Crippen LogP contribution is 2.32. The van der Waals surface area contributed by atoms with Crippen molar-refractivity contribution in [2.24, 2.45) is 7.05 Å². The summed E-state index contributed by atoms with van der Waals surface area (Å²) >= 11 is 0. The Morgan fingerprint density at radius 2 is 1.96 bits per heavy atom. The molecule has 0 aliphatic carbocycles. The van der Waals surface area contributed by atoms with Gasteiger partial charge >= 0.3 is 6.18 Å². The van der Waals surface area contributed by atoms with Gasteiger partial charge in [0.2, 0.25) is 0 Å². The molecule has 1 aliphatic heterocycles. The van der Waals surface area contributed by atoms with Crippen LogP contribution >= 0.6 is 0 Å². The lowest BCUT2D eigenvalue weighted by molar-refractivity contribution is -0.137. The first-order valence-electron chi connectivity index (χ1n) is 7.61. The van der Waals surface area contributed by atoms with Gasteiger partial charge in [0.1, 0.15) is 0 Å². The van der Waals surface area contributed by atoms with Crippen molar-refractivity contribution < 1.29 is 17.9 Å². The number of benzene rings is 1. The van der Waals surface area contributed by atoms with Crippen molar-refractivity contribution in [3.63, 3.8) is 0 Å². The van der Waals surface area contributed by atoms with Crippen LogP contribution in [0.1, 0.15) is 36.0 Å². The fourth-order valence-electron chi connectivity index (χ4n) is 2.86. The zero-order chi connectivity index (χ0) is 17.3. The molecule has 2 aromatic rings. The van der Waals surface area contributed by atoms with Crippen LogP contribution in [0.5, 0.6) is 0 Å². The third-order valence-corrected chi connectivity index (χ3v) is 4.28. The topological polar surface area (TPSA) is 56.1 Å². The van der Waals surface area contributed by atoms with Crippen LogP contribution < -0.4 is 0 Å². The van der Waals surface area contributed by atoms with E-state index in [9.17, 15) is 13.2 Å². The number of aryl methyl sites for hydroxylation is 1.